The second-order valence-electron chi connectivity index (χ2n) is 3.64. The van der Waals surface area contributed by atoms with Crippen molar-refractivity contribution in [2.24, 2.45) is 0 Å². The first kappa shape index (κ1) is 12.2. The minimum absolute atomic E-state index is 0.798. The van der Waals surface area contributed by atoms with Gasteiger partial charge in [-0.3, -0.25) is 4.68 Å². The highest BCUT2D eigenvalue weighted by atomic mass is 16.5. The van der Waals surface area contributed by atoms with Crippen LogP contribution in [0.1, 0.15) is 18.9 Å². The van der Waals surface area contributed by atoms with Crippen molar-refractivity contribution in [1.82, 2.24) is 15.1 Å². The van der Waals surface area contributed by atoms with Crippen molar-refractivity contribution in [3.05, 3.63) is 18.0 Å². The van der Waals surface area contributed by atoms with E-state index in [9.17, 15) is 0 Å². The van der Waals surface area contributed by atoms with E-state index in [-0.39, 0.29) is 0 Å². The van der Waals surface area contributed by atoms with Crippen molar-refractivity contribution in [2.45, 2.75) is 26.8 Å². The zero-order valence-corrected chi connectivity index (χ0v) is 9.70. The van der Waals surface area contributed by atoms with Gasteiger partial charge in [-0.2, -0.15) is 5.10 Å². The fourth-order valence-corrected chi connectivity index (χ4v) is 1.30. The van der Waals surface area contributed by atoms with Crippen LogP contribution in [0.2, 0.25) is 0 Å². The Kier molecular flexibility index (Phi) is 6.04. The average molecular weight is 211 g/mol. The number of hydrogen-bond acceptors (Lipinski definition) is 3. The molecule has 1 heterocycles. The fraction of sp³-hybridized carbons (Fsp3) is 0.727. The predicted molar refractivity (Wildman–Crippen MR) is 60.9 cm³/mol. The lowest BCUT2D eigenvalue weighted by Crippen LogP contribution is -2.24. The fourth-order valence-electron chi connectivity index (χ4n) is 1.30. The molecular weight excluding hydrogens is 190 g/mol. The molecule has 15 heavy (non-hydrogen) atoms. The first-order chi connectivity index (χ1) is 7.33. The second-order valence-corrected chi connectivity index (χ2v) is 3.64. The highest BCUT2D eigenvalue weighted by molar-refractivity contribution is 4.99. The van der Waals surface area contributed by atoms with E-state index in [1.807, 2.05) is 10.9 Å². The van der Waals surface area contributed by atoms with Crippen LogP contribution in [-0.4, -0.2) is 36.1 Å². The van der Waals surface area contributed by atoms with Crippen molar-refractivity contribution in [3.63, 3.8) is 0 Å². The molecule has 0 unspecified atom stereocenters. The van der Waals surface area contributed by atoms with Crippen molar-refractivity contribution < 1.29 is 4.74 Å². The first-order valence-electron chi connectivity index (χ1n) is 5.60. The molecule has 1 aromatic rings. The van der Waals surface area contributed by atoms with E-state index in [2.05, 4.69) is 30.5 Å². The van der Waals surface area contributed by atoms with E-state index in [4.69, 9.17) is 4.74 Å². The van der Waals surface area contributed by atoms with Crippen LogP contribution in [0.4, 0.5) is 0 Å². The van der Waals surface area contributed by atoms with Gasteiger partial charge < -0.3 is 10.1 Å². The summed E-state index contributed by atoms with van der Waals surface area (Å²) in [5.41, 5.74) is 1.21. The summed E-state index contributed by atoms with van der Waals surface area (Å²) in [5.74, 6) is 0. The van der Waals surface area contributed by atoms with E-state index < -0.39 is 0 Å². The van der Waals surface area contributed by atoms with Crippen LogP contribution in [0, 0.1) is 6.92 Å². The van der Waals surface area contributed by atoms with E-state index in [1.54, 1.807) is 0 Å². The molecule has 0 aromatic carbocycles. The number of aromatic nitrogens is 2. The van der Waals surface area contributed by atoms with Crippen molar-refractivity contribution in [3.8, 4) is 0 Å². The monoisotopic (exact) mass is 211 g/mol. The maximum absolute atomic E-state index is 5.35. The SMILES string of the molecule is CCCOCCNCCn1cc(C)cn1. The van der Waals surface area contributed by atoms with Gasteiger partial charge in [0.25, 0.3) is 0 Å². The summed E-state index contributed by atoms with van der Waals surface area (Å²) < 4.78 is 7.31. The van der Waals surface area contributed by atoms with Crippen LogP contribution < -0.4 is 5.32 Å². The summed E-state index contributed by atoms with van der Waals surface area (Å²) in [6.45, 7) is 8.60. The van der Waals surface area contributed by atoms with Crippen LogP contribution in [0.5, 0.6) is 0 Å². The lowest BCUT2D eigenvalue weighted by Gasteiger charge is -2.05. The molecule has 0 radical (unpaired) electrons. The number of rotatable bonds is 8. The molecule has 0 saturated carbocycles. The standard InChI is InChI=1S/C11H21N3O/c1-3-7-15-8-5-12-4-6-14-10-11(2)9-13-14/h9-10,12H,3-8H2,1-2H3. The maximum atomic E-state index is 5.35. The normalized spacial score (nSPS) is 10.8. The third-order valence-electron chi connectivity index (χ3n) is 2.05. The molecule has 0 aliphatic rings. The Morgan fingerprint density at radius 2 is 2.27 bits per heavy atom. The molecule has 0 atom stereocenters. The summed E-state index contributed by atoms with van der Waals surface area (Å²) >= 11 is 0. The van der Waals surface area contributed by atoms with Crippen LogP contribution in [0.25, 0.3) is 0 Å². The zero-order valence-electron chi connectivity index (χ0n) is 9.70. The Morgan fingerprint density at radius 1 is 1.40 bits per heavy atom. The molecule has 1 aromatic heterocycles. The number of hydrogen-bond donors (Lipinski definition) is 1. The van der Waals surface area contributed by atoms with E-state index >= 15 is 0 Å². The molecule has 0 aliphatic heterocycles. The Morgan fingerprint density at radius 3 is 2.93 bits per heavy atom. The van der Waals surface area contributed by atoms with Gasteiger partial charge in [-0.25, -0.2) is 0 Å². The smallest absolute Gasteiger partial charge is 0.0590 e. The molecule has 0 fully saturated rings. The largest absolute Gasteiger partial charge is 0.380 e. The van der Waals surface area contributed by atoms with Crippen LogP contribution in [-0.2, 0) is 11.3 Å². The van der Waals surface area contributed by atoms with Gasteiger partial charge in [0.15, 0.2) is 0 Å². The summed E-state index contributed by atoms with van der Waals surface area (Å²) in [6.07, 6.45) is 5.02. The molecule has 4 nitrogen and oxygen atoms in total. The van der Waals surface area contributed by atoms with Gasteiger partial charge >= 0.3 is 0 Å². The zero-order chi connectivity index (χ0) is 10.9. The van der Waals surface area contributed by atoms with Gasteiger partial charge in [0.2, 0.25) is 0 Å². The topological polar surface area (TPSA) is 39.1 Å². The minimum atomic E-state index is 0.798. The molecule has 1 N–H and O–H groups in total. The molecule has 86 valence electrons. The molecule has 0 saturated heterocycles. The Labute approximate surface area is 91.6 Å². The highest BCUT2D eigenvalue weighted by Gasteiger charge is 1.93. The van der Waals surface area contributed by atoms with Gasteiger partial charge in [0.1, 0.15) is 0 Å². The average Bonchev–Trinajstić information content (AvgIpc) is 2.63. The molecule has 4 heteroatoms. The van der Waals surface area contributed by atoms with Gasteiger partial charge in [0.05, 0.1) is 19.3 Å². The summed E-state index contributed by atoms with van der Waals surface area (Å²) in [5, 5.41) is 7.52. The van der Waals surface area contributed by atoms with E-state index in [1.165, 1.54) is 5.56 Å². The van der Waals surface area contributed by atoms with Crippen molar-refractivity contribution >= 4 is 0 Å². The Hall–Kier alpha value is -0.870. The van der Waals surface area contributed by atoms with Gasteiger partial charge in [-0.1, -0.05) is 6.92 Å². The second kappa shape index (κ2) is 7.43. The Balaban J connectivity index is 1.93. The van der Waals surface area contributed by atoms with Gasteiger partial charge in [-0.05, 0) is 18.9 Å². The number of nitrogens with zero attached hydrogens (tertiary/aromatic N) is 2. The van der Waals surface area contributed by atoms with Gasteiger partial charge in [0, 0.05) is 25.9 Å². The third kappa shape index (κ3) is 5.54. The molecule has 0 spiro atoms. The highest BCUT2D eigenvalue weighted by Crippen LogP contribution is 1.92. The molecule has 1 rings (SSSR count). The number of nitrogens with one attached hydrogen (secondary N) is 1. The lowest BCUT2D eigenvalue weighted by atomic mass is 10.4. The lowest BCUT2D eigenvalue weighted by molar-refractivity contribution is 0.136. The van der Waals surface area contributed by atoms with Crippen molar-refractivity contribution in [1.29, 1.82) is 0 Å². The number of aryl methyl sites for hydroxylation is 1. The minimum Gasteiger partial charge on any atom is -0.380 e. The summed E-state index contributed by atoms with van der Waals surface area (Å²) in [4.78, 5) is 0. The quantitative estimate of drug-likeness (QED) is 0.657. The van der Waals surface area contributed by atoms with Gasteiger partial charge in [-0.15, -0.1) is 0 Å². The first-order valence-corrected chi connectivity index (χ1v) is 5.60. The number of ether oxygens (including phenoxy) is 1. The summed E-state index contributed by atoms with van der Waals surface area (Å²) in [6, 6.07) is 0. The molecule has 0 amide bonds. The molecule has 0 bridgehead atoms. The maximum Gasteiger partial charge on any atom is 0.0590 e. The van der Waals surface area contributed by atoms with Crippen LogP contribution >= 0.6 is 0 Å². The molecule has 0 aliphatic carbocycles. The summed E-state index contributed by atoms with van der Waals surface area (Å²) in [7, 11) is 0. The van der Waals surface area contributed by atoms with Crippen molar-refractivity contribution in [2.75, 3.05) is 26.3 Å². The van der Waals surface area contributed by atoms with E-state index in [0.717, 1.165) is 39.3 Å². The third-order valence-corrected chi connectivity index (χ3v) is 2.05. The Bertz CT molecular complexity index is 260. The predicted octanol–water partition coefficient (Wildman–Crippen LogP) is 1.21. The van der Waals surface area contributed by atoms with Crippen LogP contribution in [0.3, 0.4) is 0 Å². The van der Waals surface area contributed by atoms with E-state index in [0.29, 0.717) is 0 Å². The molecular formula is C11H21N3O. The van der Waals surface area contributed by atoms with Crippen LogP contribution in [0.15, 0.2) is 12.4 Å².